The molecule has 1 aliphatic rings. The van der Waals surface area contributed by atoms with Crippen LogP contribution in [0.25, 0.3) is 0 Å². The molecule has 1 rings (SSSR count). The topological polar surface area (TPSA) is 55.1 Å². The SMILES string of the molecule is CC(C)(N)CC(=O)NC1C(C)(C)C1(C)C. The second kappa shape index (κ2) is 3.21. The highest BCUT2D eigenvalue weighted by molar-refractivity contribution is 5.78. The third-order valence-electron chi connectivity index (χ3n) is 3.94. The van der Waals surface area contributed by atoms with Crippen molar-refractivity contribution in [3.63, 3.8) is 0 Å². The van der Waals surface area contributed by atoms with Gasteiger partial charge in [0.15, 0.2) is 0 Å². The predicted octanol–water partition coefficient (Wildman–Crippen LogP) is 1.66. The molecule has 1 aliphatic carbocycles. The lowest BCUT2D eigenvalue weighted by molar-refractivity contribution is -0.122. The standard InChI is InChI=1S/C12H24N2O/c1-10(2,13)7-8(15)14-9-11(3,4)12(9,5)6/h9H,7,13H2,1-6H3,(H,14,15). The Labute approximate surface area is 92.8 Å². The molecule has 0 aliphatic heterocycles. The fourth-order valence-corrected chi connectivity index (χ4v) is 2.18. The van der Waals surface area contributed by atoms with Gasteiger partial charge in [0.25, 0.3) is 0 Å². The largest absolute Gasteiger partial charge is 0.352 e. The van der Waals surface area contributed by atoms with E-state index in [1.165, 1.54) is 0 Å². The van der Waals surface area contributed by atoms with Gasteiger partial charge in [0, 0.05) is 18.0 Å². The molecule has 1 amide bonds. The molecule has 0 bridgehead atoms. The van der Waals surface area contributed by atoms with Gasteiger partial charge in [0.1, 0.15) is 0 Å². The molecule has 0 aromatic rings. The van der Waals surface area contributed by atoms with Gasteiger partial charge < -0.3 is 11.1 Å². The molecule has 1 saturated carbocycles. The van der Waals surface area contributed by atoms with E-state index in [2.05, 4.69) is 33.0 Å². The third-order valence-corrected chi connectivity index (χ3v) is 3.94. The molecule has 0 spiro atoms. The van der Waals surface area contributed by atoms with Crippen molar-refractivity contribution in [1.29, 1.82) is 0 Å². The van der Waals surface area contributed by atoms with Crippen molar-refractivity contribution in [2.24, 2.45) is 16.6 Å². The van der Waals surface area contributed by atoms with Crippen LogP contribution in [0.1, 0.15) is 48.0 Å². The summed E-state index contributed by atoms with van der Waals surface area (Å²) in [7, 11) is 0. The van der Waals surface area contributed by atoms with Crippen LogP contribution >= 0.6 is 0 Å². The van der Waals surface area contributed by atoms with Crippen LogP contribution in [0.4, 0.5) is 0 Å². The number of nitrogens with one attached hydrogen (secondary N) is 1. The molecule has 0 aromatic heterocycles. The molecule has 15 heavy (non-hydrogen) atoms. The molecule has 0 atom stereocenters. The van der Waals surface area contributed by atoms with E-state index in [0.717, 1.165) is 0 Å². The average Bonchev–Trinajstić information content (AvgIpc) is 2.28. The Hall–Kier alpha value is -0.570. The Balaban J connectivity index is 2.49. The maximum atomic E-state index is 11.7. The lowest BCUT2D eigenvalue weighted by Crippen LogP contribution is -2.40. The molecule has 0 radical (unpaired) electrons. The Morgan fingerprint density at radius 3 is 1.93 bits per heavy atom. The second-order valence-corrected chi connectivity index (χ2v) is 6.61. The van der Waals surface area contributed by atoms with E-state index in [4.69, 9.17) is 5.73 Å². The van der Waals surface area contributed by atoms with Gasteiger partial charge in [-0.3, -0.25) is 4.79 Å². The summed E-state index contributed by atoms with van der Waals surface area (Å²) in [5.41, 5.74) is 5.78. The van der Waals surface area contributed by atoms with Crippen LogP contribution in [-0.2, 0) is 4.79 Å². The van der Waals surface area contributed by atoms with Crippen molar-refractivity contribution in [2.45, 2.75) is 59.5 Å². The summed E-state index contributed by atoms with van der Waals surface area (Å²) in [6, 6.07) is 0.278. The number of amides is 1. The summed E-state index contributed by atoms with van der Waals surface area (Å²) in [4.78, 5) is 11.7. The fourth-order valence-electron chi connectivity index (χ4n) is 2.18. The van der Waals surface area contributed by atoms with Crippen LogP contribution in [-0.4, -0.2) is 17.5 Å². The Morgan fingerprint density at radius 2 is 1.67 bits per heavy atom. The molecular formula is C12H24N2O. The van der Waals surface area contributed by atoms with Crippen molar-refractivity contribution >= 4 is 5.91 Å². The summed E-state index contributed by atoms with van der Waals surface area (Å²) >= 11 is 0. The number of hydrogen-bond donors (Lipinski definition) is 2. The van der Waals surface area contributed by atoms with E-state index < -0.39 is 5.54 Å². The zero-order chi connectivity index (χ0) is 12.1. The number of carbonyl (C=O) groups excluding carboxylic acids is 1. The Bertz CT molecular complexity index is 260. The van der Waals surface area contributed by atoms with Crippen molar-refractivity contribution in [3.05, 3.63) is 0 Å². The van der Waals surface area contributed by atoms with Gasteiger partial charge in [0.2, 0.25) is 5.91 Å². The minimum atomic E-state index is -0.423. The van der Waals surface area contributed by atoms with Crippen LogP contribution in [0.3, 0.4) is 0 Å². The van der Waals surface area contributed by atoms with Crippen molar-refractivity contribution in [2.75, 3.05) is 0 Å². The fraction of sp³-hybridized carbons (Fsp3) is 0.917. The van der Waals surface area contributed by atoms with Crippen molar-refractivity contribution in [1.82, 2.24) is 5.32 Å². The summed E-state index contributed by atoms with van der Waals surface area (Å²) in [5, 5.41) is 3.07. The molecule has 0 unspecified atom stereocenters. The summed E-state index contributed by atoms with van der Waals surface area (Å²) < 4.78 is 0. The number of rotatable bonds is 3. The van der Waals surface area contributed by atoms with Gasteiger partial charge in [-0.1, -0.05) is 27.7 Å². The number of hydrogen-bond acceptors (Lipinski definition) is 2. The van der Waals surface area contributed by atoms with E-state index in [9.17, 15) is 4.79 Å². The first-order valence-corrected chi connectivity index (χ1v) is 5.57. The van der Waals surface area contributed by atoms with E-state index >= 15 is 0 Å². The molecule has 0 heterocycles. The highest BCUT2D eigenvalue weighted by Gasteiger charge is 2.65. The van der Waals surface area contributed by atoms with Crippen LogP contribution in [0.15, 0.2) is 0 Å². The summed E-state index contributed by atoms with van der Waals surface area (Å²) in [5.74, 6) is 0.0613. The molecule has 3 heteroatoms. The molecule has 0 saturated heterocycles. The first-order chi connectivity index (χ1) is 6.48. The zero-order valence-corrected chi connectivity index (χ0v) is 10.8. The smallest absolute Gasteiger partial charge is 0.222 e. The lowest BCUT2D eigenvalue weighted by atomic mass is 10.0. The molecule has 1 fully saturated rings. The molecule has 3 nitrogen and oxygen atoms in total. The first kappa shape index (κ1) is 12.5. The van der Waals surface area contributed by atoms with Crippen LogP contribution in [0.5, 0.6) is 0 Å². The van der Waals surface area contributed by atoms with Gasteiger partial charge in [-0.05, 0) is 24.7 Å². The quantitative estimate of drug-likeness (QED) is 0.747. The number of nitrogens with two attached hydrogens (primary N) is 1. The normalized spacial score (nSPS) is 23.7. The van der Waals surface area contributed by atoms with Crippen LogP contribution in [0.2, 0.25) is 0 Å². The summed E-state index contributed by atoms with van der Waals surface area (Å²) in [6.45, 7) is 12.5. The average molecular weight is 212 g/mol. The zero-order valence-electron chi connectivity index (χ0n) is 10.8. The minimum absolute atomic E-state index is 0.0613. The van der Waals surface area contributed by atoms with Crippen molar-refractivity contribution in [3.8, 4) is 0 Å². The highest BCUT2D eigenvalue weighted by atomic mass is 16.1. The molecule has 88 valence electrons. The molecule has 3 N–H and O–H groups in total. The monoisotopic (exact) mass is 212 g/mol. The van der Waals surface area contributed by atoms with E-state index in [0.29, 0.717) is 6.42 Å². The van der Waals surface area contributed by atoms with Gasteiger partial charge >= 0.3 is 0 Å². The molecular weight excluding hydrogens is 188 g/mol. The van der Waals surface area contributed by atoms with Gasteiger partial charge in [-0.25, -0.2) is 0 Å². The minimum Gasteiger partial charge on any atom is -0.352 e. The maximum Gasteiger partial charge on any atom is 0.222 e. The van der Waals surface area contributed by atoms with E-state index in [1.807, 2.05) is 13.8 Å². The maximum absolute atomic E-state index is 11.7. The molecule has 0 aromatic carbocycles. The highest BCUT2D eigenvalue weighted by Crippen LogP contribution is 2.62. The van der Waals surface area contributed by atoms with Gasteiger partial charge in [-0.2, -0.15) is 0 Å². The van der Waals surface area contributed by atoms with Gasteiger partial charge in [-0.15, -0.1) is 0 Å². The van der Waals surface area contributed by atoms with Crippen LogP contribution < -0.4 is 11.1 Å². The van der Waals surface area contributed by atoms with Crippen molar-refractivity contribution < 1.29 is 4.79 Å². The first-order valence-electron chi connectivity index (χ1n) is 5.57. The van der Waals surface area contributed by atoms with E-state index in [-0.39, 0.29) is 22.8 Å². The Morgan fingerprint density at radius 1 is 1.27 bits per heavy atom. The predicted molar refractivity (Wildman–Crippen MR) is 62.4 cm³/mol. The Kier molecular flexibility index (Phi) is 2.67. The third kappa shape index (κ3) is 2.33. The van der Waals surface area contributed by atoms with Crippen LogP contribution in [0, 0.1) is 10.8 Å². The second-order valence-electron chi connectivity index (χ2n) is 6.61. The van der Waals surface area contributed by atoms with E-state index in [1.54, 1.807) is 0 Å². The lowest BCUT2D eigenvalue weighted by Gasteiger charge is -2.18. The van der Waals surface area contributed by atoms with Gasteiger partial charge in [0.05, 0.1) is 0 Å². The summed E-state index contributed by atoms with van der Waals surface area (Å²) in [6.07, 6.45) is 0.385. The number of carbonyl (C=O) groups is 1.